The van der Waals surface area contributed by atoms with Gasteiger partial charge in [-0.2, -0.15) is 0 Å². The molecule has 86 valence electrons. The van der Waals surface area contributed by atoms with Crippen LogP contribution in [0, 0.1) is 0 Å². The molecule has 5 nitrogen and oxygen atoms in total. The Hall–Kier alpha value is -1.21. The Balaban J connectivity index is 2.38. The van der Waals surface area contributed by atoms with Gasteiger partial charge in [0.25, 0.3) is 0 Å². The van der Waals surface area contributed by atoms with Crippen molar-refractivity contribution in [2.24, 2.45) is 0 Å². The highest BCUT2D eigenvalue weighted by molar-refractivity contribution is 7.22. The van der Waals surface area contributed by atoms with Crippen molar-refractivity contribution in [3.8, 4) is 0 Å². The van der Waals surface area contributed by atoms with Gasteiger partial charge in [0.15, 0.2) is 5.13 Å². The minimum atomic E-state index is -1.18. The Morgan fingerprint density at radius 1 is 1.38 bits per heavy atom. The Bertz CT molecular complexity index is 500. The summed E-state index contributed by atoms with van der Waals surface area (Å²) < 4.78 is 0.846. The summed E-state index contributed by atoms with van der Waals surface area (Å²) in [4.78, 5) is 4.08. The fourth-order valence-electron chi connectivity index (χ4n) is 1.46. The monoisotopic (exact) mass is 240 g/mol. The first-order valence-corrected chi connectivity index (χ1v) is 5.56. The molecule has 0 aliphatic heterocycles. The molecule has 2 rings (SSSR count). The standard InChI is InChI=1S/C10H12N2O3S/c11-10-12-6-2-1-5(3-8(6)16-10)9(15)7(14)4-13/h1-3,7,9,13-15H,4H2,(H2,11,12). The van der Waals surface area contributed by atoms with Gasteiger partial charge in [-0.25, -0.2) is 4.98 Å². The van der Waals surface area contributed by atoms with Crippen molar-refractivity contribution in [2.75, 3.05) is 12.3 Å². The van der Waals surface area contributed by atoms with E-state index in [1.165, 1.54) is 11.3 Å². The van der Waals surface area contributed by atoms with Crippen LogP contribution < -0.4 is 5.73 Å². The van der Waals surface area contributed by atoms with Crippen molar-refractivity contribution in [3.63, 3.8) is 0 Å². The third-order valence-electron chi connectivity index (χ3n) is 2.32. The van der Waals surface area contributed by atoms with E-state index in [9.17, 15) is 10.2 Å². The molecule has 0 saturated heterocycles. The van der Waals surface area contributed by atoms with E-state index in [2.05, 4.69) is 4.98 Å². The number of nitrogens with two attached hydrogens (primary N) is 1. The first-order chi connectivity index (χ1) is 7.61. The van der Waals surface area contributed by atoms with Gasteiger partial charge < -0.3 is 21.1 Å². The van der Waals surface area contributed by atoms with Gasteiger partial charge in [0, 0.05) is 0 Å². The second-order valence-electron chi connectivity index (χ2n) is 3.47. The van der Waals surface area contributed by atoms with E-state index in [4.69, 9.17) is 10.8 Å². The zero-order valence-electron chi connectivity index (χ0n) is 8.37. The van der Waals surface area contributed by atoms with E-state index >= 15 is 0 Å². The summed E-state index contributed by atoms with van der Waals surface area (Å²) in [5, 5.41) is 28.2. The van der Waals surface area contributed by atoms with Crippen molar-refractivity contribution in [1.29, 1.82) is 0 Å². The highest BCUT2D eigenvalue weighted by Crippen LogP contribution is 2.27. The summed E-state index contributed by atoms with van der Waals surface area (Å²) in [6.45, 7) is -0.482. The van der Waals surface area contributed by atoms with Gasteiger partial charge in [-0.3, -0.25) is 0 Å². The van der Waals surface area contributed by atoms with Crippen molar-refractivity contribution >= 4 is 26.7 Å². The molecule has 0 bridgehead atoms. The third kappa shape index (κ3) is 2.00. The molecule has 0 aliphatic rings. The van der Waals surface area contributed by atoms with Crippen LogP contribution in [0.3, 0.4) is 0 Å². The van der Waals surface area contributed by atoms with Crippen molar-refractivity contribution < 1.29 is 15.3 Å². The molecule has 0 radical (unpaired) electrons. The van der Waals surface area contributed by atoms with E-state index in [-0.39, 0.29) is 0 Å². The number of nitrogen functional groups attached to an aromatic ring is 1. The first kappa shape index (κ1) is 11.3. The van der Waals surface area contributed by atoms with Crippen LogP contribution in [-0.2, 0) is 0 Å². The van der Waals surface area contributed by atoms with Crippen LogP contribution in [0.4, 0.5) is 5.13 Å². The topological polar surface area (TPSA) is 99.6 Å². The largest absolute Gasteiger partial charge is 0.394 e. The number of nitrogens with zero attached hydrogens (tertiary/aromatic N) is 1. The number of aromatic nitrogens is 1. The van der Waals surface area contributed by atoms with Crippen molar-refractivity contribution in [1.82, 2.24) is 4.98 Å². The molecule has 2 unspecified atom stereocenters. The number of hydrogen-bond donors (Lipinski definition) is 4. The number of thiazole rings is 1. The molecule has 0 saturated carbocycles. The van der Waals surface area contributed by atoms with Crippen LogP contribution in [0.1, 0.15) is 11.7 Å². The lowest BCUT2D eigenvalue weighted by Crippen LogP contribution is -2.21. The summed E-state index contributed by atoms with van der Waals surface area (Å²) in [6, 6.07) is 5.10. The van der Waals surface area contributed by atoms with Crippen molar-refractivity contribution in [3.05, 3.63) is 23.8 Å². The number of hydrogen-bond acceptors (Lipinski definition) is 6. The van der Waals surface area contributed by atoms with E-state index in [0.29, 0.717) is 10.7 Å². The highest BCUT2D eigenvalue weighted by atomic mass is 32.1. The number of rotatable bonds is 3. The van der Waals surface area contributed by atoms with Gasteiger partial charge in [0.1, 0.15) is 12.2 Å². The first-order valence-electron chi connectivity index (χ1n) is 4.75. The van der Waals surface area contributed by atoms with E-state index in [0.717, 1.165) is 10.2 Å². The second-order valence-corrected chi connectivity index (χ2v) is 4.54. The maximum atomic E-state index is 9.70. The molecule has 0 aliphatic carbocycles. The van der Waals surface area contributed by atoms with Gasteiger partial charge in [0.05, 0.1) is 16.8 Å². The summed E-state index contributed by atoms with van der Waals surface area (Å²) in [7, 11) is 0. The van der Waals surface area contributed by atoms with Gasteiger partial charge >= 0.3 is 0 Å². The molecule has 0 fully saturated rings. The molecular formula is C10H12N2O3S. The molecule has 1 aromatic heterocycles. The van der Waals surface area contributed by atoms with Gasteiger partial charge in [-0.1, -0.05) is 17.4 Å². The molecule has 0 amide bonds. The molecule has 2 atom stereocenters. The third-order valence-corrected chi connectivity index (χ3v) is 3.17. The zero-order chi connectivity index (χ0) is 11.7. The van der Waals surface area contributed by atoms with Crippen LogP contribution in [0.25, 0.3) is 10.2 Å². The van der Waals surface area contributed by atoms with E-state index in [1.54, 1.807) is 18.2 Å². The number of anilines is 1. The Kier molecular flexibility index (Phi) is 3.06. The smallest absolute Gasteiger partial charge is 0.181 e. The average molecular weight is 240 g/mol. The fraction of sp³-hybridized carbons (Fsp3) is 0.300. The molecule has 16 heavy (non-hydrogen) atoms. The van der Waals surface area contributed by atoms with Gasteiger partial charge in [0.2, 0.25) is 0 Å². The predicted octanol–water partition coefficient (Wildman–Crippen LogP) is 0.265. The molecule has 1 heterocycles. The highest BCUT2D eigenvalue weighted by Gasteiger charge is 2.18. The summed E-state index contributed by atoms with van der Waals surface area (Å²) in [6.07, 6.45) is -2.28. The lowest BCUT2D eigenvalue weighted by molar-refractivity contribution is -0.0151. The SMILES string of the molecule is Nc1nc2ccc(C(O)C(O)CO)cc2s1. The average Bonchev–Trinajstić information content (AvgIpc) is 2.65. The molecular weight excluding hydrogens is 228 g/mol. The minimum Gasteiger partial charge on any atom is -0.394 e. The van der Waals surface area contributed by atoms with Crippen LogP contribution in [-0.4, -0.2) is 33.0 Å². The fourth-order valence-corrected chi connectivity index (χ4v) is 2.25. The normalized spacial score (nSPS) is 15.2. The molecule has 5 N–H and O–H groups in total. The van der Waals surface area contributed by atoms with Crippen LogP contribution in [0.2, 0.25) is 0 Å². The maximum Gasteiger partial charge on any atom is 0.181 e. The number of aliphatic hydroxyl groups is 3. The minimum absolute atomic E-state index is 0.462. The van der Waals surface area contributed by atoms with Crippen LogP contribution >= 0.6 is 11.3 Å². The van der Waals surface area contributed by atoms with Crippen LogP contribution in [0.5, 0.6) is 0 Å². The lowest BCUT2D eigenvalue weighted by atomic mass is 10.0. The van der Waals surface area contributed by atoms with E-state index in [1.807, 2.05) is 0 Å². The quantitative estimate of drug-likeness (QED) is 0.617. The molecule has 0 spiro atoms. The van der Waals surface area contributed by atoms with Gasteiger partial charge in [-0.15, -0.1) is 0 Å². The summed E-state index contributed by atoms with van der Waals surface area (Å²) >= 11 is 1.31. The Labute approximate surface area is 95.8 Å². The Morgan fingerprint density at radius 3 is 2.81 bits per heavy atom. The predicted molar refractivity (Wildman–Crippen MR) is 62.1 cm³/mol. The van der Waals surface area contributed by atoms with Gasteiger partial charge in [-0.05, 0) is 17.7 Å². The lowest BCUT2D eigenvalue weighted by Gasteiger charge is -2.15. The summed E-state index contributed by atoms with van der Waals surface area (Å²) in [5.74, 6) is 0. The molecule has 1 aromatic carbocycles. The van der Waals surface area contributed by atoms with E-state index < -0.39 is 18.8 Å². The Morgan fingerprint density at radius 2 is 2.12 bits per heavy atom. The summed E-state index contributed by atoms with van der Waals surface area (Å²) in [5.41, 5.74) is 6.86. The number of benzene rings is 1. The maximum absolute atomic E-state index is 9.70. The van der Waals surface area contributed by atoms with Crippen LogP contribution in [0.15, 0.2) is 18.2 Å². The number of fused-ring (bicyclic) bond motifs is 1. The van der Waals surface area contributed by atoms with Crippen molar-refractivity contribution in [2.45, 2.75) is 12.2 Å². The second kappa shape index (κ2) is 4.34. The number of aliphatic hydroxyl groups excluding tert-OH is 3. The zero-order valence-corrected chi connectivity index (χ0v) is 9.18. The molecule has 2 aromatic rings. The molecule has 6 heteroatoms.